The molecule has 1 N–H and O–H groups in total. The molecule has 112 valence electrons. The smallest absolute Gasteiger partial charge is 0.220 e. The van der Waals surface area contributed by atoms with Crippen molar-refractivity contribution in [1.82, 2.24) is 15.3 Å². The van der Waals surface area contributed by atoms with Gasteiger partial charge in [0.05, 0.1) is 12.2 Å². The van der Waals surface area contributed by atoms with Crippen LogP contribution in [0.1, 0.15) is 37.9 Å². The van der Waals surface area contributed by atoms with Gasteiger partial charge in [0.1, 0.15) is 5.82 Å². The normalized spacial score (nSPS) is 31.5. The second kappa shape index (κ2) is 4.77. The van der Waals surface area contributed by atoms with Crippen LogP contribution in [0.2, 0.25) is 0 Å². The van der Waals surface area contributed by atoms with Gasteiger partial charge in [0.15, 0.2) is 0 Å². The Morgan fingerprint density at radius 2 is 2.19 bits per heavy atom. The monoisotopic (exact) mass is 287 g/mol. The summed E-state index contributed by atoms with van der Waals surface area (Å²) in [6.07, 6.45) is 9.34. The third kappa shape index (κ3) is 2.06. The number of nitrogens with one attached hydrogen (secondary N) is 1. The predicted molar refractivity (Wildman–Crippen MR) is 76.4 cm³/mol. The van der Waals surface area contributed by atoms with E-state index in [-0.39, 0.29) is 16.9 Å². The van der Waals surface area contributed by atoms with Gasteiger partial charge in [-0.1, -0.05) is 0 Å². The Morgan fingerprint density at radius 3 is 2.86 bits per heavy atom. The molecule has 1 spiro atoms. The molecule has 0 aromatic carbocycles. The predicted octanol–water partition coefficient (Wildman–Crippen LogP) is 1.48. The second-order valence-corrected chi connectivity index (χ2v) is 6.66. The number of aryl methyl sites for hydroxylation is 1. The first kappa shape index (κ1) is 13.2. The molecule has 1 aromatic heterocycles. The summed E-state index contributed by atoms with van der Waals surface area (Å²) in [5.41, 5.74) is 0.359. The number of rotatable bonds is 5. The summed E-state index contributed by atoms with van der Waals surface area (Å²) in [6.45, 7) is 1.68. The number of nitrogens with zero attached hydrogens (tertiary/aromatic N) is 2. The molecule has 1 amide bonds. The van der Waals surface area contributed by atoms with Crippen LogP contribution >= 0.6 is 0 Å². The molecule has 0 unspecified atom stereocenters. The lowest BCUT2D eigenvalue weighted by molar-refractivity contribution is -0.125. The minimum absolute atomic E-state index is 0.101. The zero-order valence-corrected chi connectivity index (χ0v) is 12.2. The van der Waals surface area contributed by atoms with Gasteiger partial charge in [-0.2, -0.15) is 0 Å². The molecule has 0 bridgehead atoms. The molecule has 3 aliphatic rings. The highest BCUT2D eigenvalue weighted by Crippen LogP contribution is 2.70. The quantitative estimate of drug-likeness (QED) is 0.891. The fraction of sp³-hybridized carbons (Fsp3) is 0.688. The van der Waals surface area contributed by atoms with Crippen LogP contribution in [0.3, 0.4) is 0 Å². The molecule has 2 saturated carbocycles. The van der Waals surface area contributed by atoms with Gasteiger partial charge < -0.3 is 10.1 Å². The highest BCUT2D eigenvalue weighted by molar-refractivity contribution is 5.76. The maximum absolute atomic E-state index is 12.0. The van der Waals surface area contributed by atoms with Crippen LogP contribution in [-0.4, -0.2) is 34.6 Å². The standard InChI is InChI=1S/C16H21N3O2/c20-14(4-3-13-17-7-2-8-18-13)19-11-15-9-12(15)10-21-16(15)5-1-6-16/h2,7-8,12H,1,3-6,9-11H2,(H,19,20)/t12-,15+/m0/s1. The van der Waals surface area contributed by atoms with Gasteiger partial charge in [-0.05, 0) is 37.7 Å². The van der Waals surface area contributed by atoms with E-state index in [1.165, 1.54) is 25.7 Å². The molecule has 5 nitrogen and oxygen atoms in total. The summed E-state index contributed by atoms with van der Waals surface area (Å²) in [7, 11) is 0. The zero-order valence-electron chi connectivity index (χ0n) is 12.2. The van der Waals surface area contributed by atoms with Crippen molar-refractivity contribution < 1.29 is 9.53 Å². The van der Waals surface area contributed by atoms with Crippen LogP contribution < -0.4 is 5.32 Å². The minimum Gasteiger partial charge on any atom is -0.374 e. The maximum Gasteiger partial charge on any atom is 0.220 e. The summed E-state index contributed by atoms with van der Waals surface area (Å²) in [6, 6.07) is 1.79. The molecular formula is C16H21N3O2. The molecule has 0 radical (unpaired) electrons. The molecule has 4 rings (SSSR count). The van der Waals surface area contributed by atoms with Crippen molar-refractivity contribution in [2.75, 3.05) is 13.2 Å². The summed E-state index contributed by atoms with van der Waals surface area (Å²) in [5, 5.41) is 3.13. The van der Waals surface area contributed by atoms with Crippen LogP contribution in [0.5, 0.6) is 0 Å². The van der Waals surface area contributed by atoms with E-state index in [0.717, 1.165) is 19.0 Å². The van der Waals surface area contributed by atoms with E-state index in [1.807, 2.05) is 0 Å². The van der Waals surface area contributed by atoms with Crippen LogP contribution in [0.25, 0.3) is 0 Å². The van der Waals surface area contributed by atoms with Gasteiger partial charge in [-0.3, -0.25) is 4.79 Å². The van der Waals surface area contributed by atoms with Crippen molar-refractivity contribution >= 4 is 5.91 Å². The summed E-state index contributed by atoms with van der Waals surface area (Å²) >= 11 is 0. The average Bonchev–Trinajstić information content (AvgIpc) is 3.09. The molecule has 1 aromatic rings. The van der Waals surface area contributed by atoms with Crippen LogP contribution in [-0.2, 0) is 16.0 Å². The third-order valence-electron chi connectivity index (χ3n) is 5.66. The Morgan fingerprint density at radius 1 is 1.38 bits per heavy atom. The maximum atomic E-state index is 12.0. The van der Waals surface area contributed by atoms with E-state index in [1.54, 1.807) is 18.5 Å². The molecular weight excluding hydrogens is 266 g/mol. The number of carbonyl (C=O) groups is 1. The molecule has 3 fully saturated rings. The summed E-state index contributed by atoms with van der Waals surface area (Å²) in [4.78, 5) is 20.3. The third-order valence-corrected chi connectivity index (χ3v) is 5.66. The summed E-state index contributed by atoms with van der Waals surface area (Å²) in [5.74, 6) is 1.51. The van der Waals surface area contributed by atoms with Gasteiger partial charge in [-0.15, -0.1) is 0 Å². The molecule has 2 aliphatic carbocycles. The molecule has 2 heterocycles. The Balaban J connectivity index is 1.28. The summed E-state index contributed by atoms with van der Waals surface area (Å²) < 4.78 is 6.03. The lowest BCUT2D eigenvalue weighted by Crippen LogP contribution is -2.50. The molecule has 2 atom stereocenters. The van der Waals surface area contributed by atoms with E-state index >= 15 is 0 Å². The zero-order chi connectivity index (χ0) is 14.3. The first-order chi connectivity index (χ1) is 10.2. The van der Waals surface area contributed by atoms with Crippen molar-refractivity contribution in [3.63, 3.8) is 0 Å². The Labute approximate surface area is 124 Å². The van der Waals surface area contributed by atoms with E-state index < -0.39 is 0 Å². The first-order valence-corrected chi connectivity index (χ1v) is 7.91. The van der Waals surface area contributed by atoms with Gasteiger partial charge in [0.2, 0.25) is 5.91 Å². The largest absolute Gasteiger partial charge is 0.374 e. The highest BCUT2D eigenvalue weighted by Gasteiger charge is 2.73. The molecule has 5 heteroatoms. The number of aromatic nitrogens is 2. The molecule has 21 heavy (non-hydrogen) atoms. The van der Waals surface area contributed by atoms with Crippen LogP contribution in [0.15, 0.2) is 18.5 Å². The lowest BCUT2D eigenvalue weighted by Gasteiger charge is -2.45. The number of amides is 1. The van der Waals surface area contributed by atoms with Gasteiger partial charge in [-0.25, -0.2) is 9.97 Å². The SMILES string of the molecule is O=C(CCc1ncccn1)NC[C@]12C[C@H]1COC21CCC1. The Hall–Kier alpha value is -1.49. The molecule has 1 aliphatic heterocycles. The van der Waals surface area contributed by atoms with Crippen molar-refractivity contribution in [3.05, 3.63) is 24.3 Å². The average molecular weight is 287 g/mol. The van der Waals surface area contributed by atoms with Crippen molar-refractivity contribution in [3.8, 4) is 0 Å². The number of carbonyl (C=O) groups excluding carboxylic acids is 1. The van der Waals surface area contributed by atoms with Crippen molar-refractivity contribution in [1.29, 1.82) is 0 Å². The van der Waals surface area contributed by atoms with Crippen molar-refractivity contribution in [2.24, 2.45) is 11.3 Å². The number of ether oxygens (including phenoxy) is 1. The Kier molecular flexibility index (Phi) is 2.99. The van der Waals surface area contributed by atoms with Crippen LogP contribution in [0, 0.1) is 11.3 Å². The minimum atomic E-state index is 0.101. The topological polar surface area (TPSA) is 64.1 Å². The van der Waals surface area contributed by atoms with Crippen LogP contribution in [0.4, 0.5) is 0 Å². The highest BCUT2D eigenvalue weighted by atomic mass is 16.5. The number of fused-ring (bicyclic) bond motifs is 2. The molecule has 1 saturated heterocycles. The first-order valence-electron chi connectivity index (χ1n) is 7.91. The lowest BCUT2D eigenvalue weighted by atomic mass is 9.68. The van der Waals surface area contributed by atoms with E-state index in [0.29, 0.717) is 18.8 Å². The van der Waals surface area contributed by atoms with E-state index in [2.05, 4.69) is 15.3 Å². The number of hydrogen-bond donors (Lipinski definition) is 1. The second-order valence-electron chi connectivity index (χ2n) is 6.66. The Bertz CT molecular complexity index is 544. The van der Waals surface area contributed by atoms with Gasteiger partial charge >= 0.3 is 0 Å². The fourth-order valence-corrected chi connectivity index (χ4v) is 4.11. The van der Waals surface area contributed by atoms with E-state index in [4.69, 9.17) is 4.74 Å². The van der Waals surface area contributed by atoms with Gasteiger partial charge in [0, 0.05) is 37.2 Å². The number of hydrogen-bond acceptors (Lipinski definition) is 4. The van der Waals surface area contributed by atoms with E-state index in [9.17, 15) is 4.79 Å². The van der Waals surface area contributed by atoms with Gasteiger partial charge in [0.25, 0.3) is 0 Å². The fourth-order valence-electron chi connectivity index (χ4n) is 4.11. The van der Waals surface area contributed by atoms with Crippen molar-refractivity contribution in [2.45, 2.75) is 44.1 Å².